The van der Waals surface area contributed by atoms with E-state index in [4.69, 9.17) is 17.3 Å². The number of halogens is 3. The van der Waals surface area contributed by atoms with Crippen LogP contribution in [0.4, 0.5) is 14.5 Å². The lowest BCUT2D eigenvalue weighted by Crippen LogP contribution is -2.06. The third kappa shape index (κ3) is 1.86. The molecule has 0 spiro atoms. The standard InChI is InChI=1S/C11H10ClF2N3/c1-5-10(12)6(2)17(16-5)9-4-7(13)3-8(14)11(9)15/h3-4H,15H2,1-2H3. The van der Waals surface area contributed by atoms with Crippen molar-refractivity contribution in [2.45, 2.75) is 13.8 Å². The summed E-state index contributed by atoms with van der Waals surface area (Å²) in [6.07, 6.45) is 0. The number of aromatic nitrogens is 2. The van der Waals surface area contributed by atoms with Crippen LogP contribution in [0.15, 0.2) is 12.1 Å². The molecule has 0 bridgehead atoms. The Labute approximate surface area is 102 Å². The first-order chi connectivity index (χ1) is 7.91. The third-order valence-electron chi connectivity index (χ3n) is 2.50. The van der Waals surface area contributed by atoms with Crippen LogP contribution in [0.25, 0.3) is 5.69 Å². The highest BCUT2D eigenvalue weighted by Crippen LogP contribution is 2.27. The maximum absolute atomic E-state index is 13.3. The molecule has 0 fully saturated rings. The highest BCUT2D eigenvalue weighted by atomic mass is 35.5. The van der Waals surface area contributed by atoms with E-state index >= 15 is 0 Å². The van der Waals surface area contributed by atoms with Gasteiger partial charge in [-0.3, -0.25) is 0 Å². The first-order valence-corrected chi connectivity index (χ1v) is 5.26. The maximum Gasteiger partial charge on any atom is 0.151 e. The molecular weight excluding hydrogens is 248 g/mol. The summed E-state index contributed by atoms with van der Waals surface area (Å²) in [5.41, 5.74) is 6.72. The average Bonchev–Trinajstić information content (AvgIpc) is 2.51. The quantitative estimate of drug-likeness (QED) is 0.798. The molecule has 0 amide bonds. The molecule has 1 aromatic carbocycles. The summed E-state index contributed by atoms with van der Waals surface area (Å²) in [6.45, 7) is 3.41. The van der Waals surface area contributed by atoms with Crippen molar-refractivity contribution in [3.63, 3.8) is 0 Å². The summed E-state index contributed by atoms with van der Waals surface area (Å²) >= 11 is 5.97. The molecule has 2 rings (SSSR count). The molecule has 3 nitrogen and oxygen atoms in total. The molecule has 6 heteroatoms. The van der Waals surface area contributed by atoms with Crippen LogP contribution in [0, 0.1) is 25.5 Å². The van der Waals surface area contributed by atoms with Crippen LogP contribution in [0.2, 0.25) is 5.02 Å². The molecule has 0 saturated carbocycles. The van der Waals surface area contributed by atoms with Gasteiger partial charge in [-0.25, -0.2) is 13.5 Å². The van der Waals surface area contributed by atoms with Gasteiger partial charge in [-0.1, -0.05) is 11.6 Å². The number of hydrogen-bond acceptors (Lipinski definition) is 2. The Hall–Kier alpha value is -1.62. The second kappa shape index (κ2) is 4.00. The van der Waals surface area contributed by atoms with Crippen molar-refractivity contribution in [3.05, 3.63) is 40.2 Å². The Kier molecular flexibility index (Phi) is 2.79. The normalized spacial score (nSPS) is 10.9. The molecule has 0 aliphatic carbocycles. The molecule has 1 heterocycles. The molecule has 17 heavy (non-hydrogen) atoms. The van der Waals surface area contributed by atoms with E-state index in [1.807, 2.05) is 0 Å². The van der Waals surface area contributed by atoms with E-state index in [-0.39, 0.29) is 11.4 Å². The molecule has 0 aliphatic rings. The zero-order chi connectivity index (χ0) is 12.7. The van der Waals surface area contributed by atoms with Crippen molar-refractivity contribution in [2.75, 3.05) is 5.73 Å². The van der Waals surface area contributed by atoms with Gasteiger partial charge in [0.05, 0.1) is 27.8 Å². The summed E-state index contributed by atoms with van der Waals surface area (Å²) in [6, 6.07) is 1.85. The highest BCUT2D eigenvalue weighted by molar-refractivity contribution is 6.31. The largest absolute Gasteiger partial charge is 0.395 e. The van der Waals surface area contributed by atoms with Crippen molar-refractivity contribution >= 4 is 17.3 Å². The lowest BCUT2D eigenvalue weighted by atomic mass is 10.2. The molecule has 2 N–H and O–H groups in total. The molecule has 0 saturated heterocycles. The lowest BCUT2D eigenvalue weighted by Gasteiger charge is -2.08. The Balaban J connectivity index is 2.72. The summed E-state index contributed by atoms with van der Waals surface area (Å²) < 4.78 is 27.8. The van der Waals surface area contributed by atoms with Gasteiger partial charge in [0.2, 0.25) is 0 Å². The van der Waals surface area contributed by atoms with Crippen LogP contribution >= 0.6 is 11.6 Å². The van der Waals surface area contributed by atoms with Gasteiger partial charge in [0.1, 0.15) is 5.82 Å². The third-order valence-corrected chi connectivity index (χ3v) is 3.05. The molecular formula is C11H10ClF2N3. The van der Waals surface area contributed by atoms with Crippen LogP contribution in [-0.4, -0.2) is 9.78 Å². The lowest BCUT2D eigenvalue weighted by molar-refractivity contribution is 0.583. The van der Waals surface area contributed by atoms with E-state index < -0.39 is 11.6 Å². The van der Waals surface area contributed by atoms with Crippen molar-refractivity contribution in [2.24, 2.45) is 0 Å². The number of aryl methyl sites for hydroxylation is 1. The zero-order valence-corrected chi connectivity index (χ0v) is 10.0. The van der Waals surface area contributed by atoms with Gasteiger partial charge >= 0.3 is 0 Å². The Bertz CT molecular complexity index is 593. The average molecular weight is 258 g/mol. The predicted octanol–water partition coefficient (Wildman–Crippen LogP) is 3.00. The summed E-state index contributed by atoms with van der Waals surface area (Å²) in [5, 5.41) is 4.55. The number of nitrogen functional groups attached to an aromatic ring is 1. The Morgan fingerprint density at radius 2 is 1.94 bits per heavy atom. The summed E-state index contributed by atoms with van der Waals surface area (Å²) in [5.74, 6) is -1.53. The van der Waals surface area contributed by atoms with E-state index in [0.29, 0.717) is 16.4 Å². The predicted molar refractivity (Wildman–Crippen MR) is 62.4 cm³/mol. The van der Waals surface area contributed by atoms with Crippen molar-refractivity contribution in [3.8, 4) is 5.69 Å². The zero-order valence-electron chi connectivity index (χ0n) is 9.26. The minimum absolute atomic E-state index is 0.148. The van der Waals surface area contributed by atoms with E-state index in [0.717, 1.165) is 12.1 Å². The summed E-state index contributed by atoms with van der Waals surface area (Å²) in [4.78, 5) is 0. The van der Waals surface area contributed by atoms with Crippen molar-refractivity contribution in [1.29, 1.82) is 0 Å². The number of rotatable bonds is 1. The summed E-state index contributed by atoms with van der Waals surface area (Å²) in [7, 11) is 0. The van der Waals surface area contributed by atoms with Gasteiger partial charge in [0, 0.05) is 12.1 Å². The number of hydrogen-bond donors (Lipinski definition) is 1. The van der Waals surface area contributed by atoms with Crippen molar-refractivity contribution in [1.82, 2.24) is 9.78 Å². The molecule has 0 aliphatic heterocycles. The van der Waals surface area contributed by atoms with Gasteiger partial charge < -0.3 is 5.73 Å². The molecule has 0 radical (unpaired) electrons. The van der Waals surface area contributed by atoms with Crippen LogP contribution in [0.5, 0.6) is 0 Å². The molecule has 90 valence electrons. The number of nitrogens with two attached hydrogens (primary N) is 1. The monoisotopic (exact) mass is 257 g/mol. The molecule has 0 atom stereocenters. The molecule has 0 unspecified atom stereocenters. The first-order valence-electron chi connectivity index (χ1n) is 4.88. The maximum atomic E-state index is 13.3. The van der Waals surface area contributed by atoms with Gasteiger partial charge in [0.25, 0.3) is 0 Å². The smallest absolute Gasteiger partial charge is 0.151 e. The number of anilines is 1. The van der Waals surface area contributed by atoms with E-state index in [1.165, 1.54) is 4.68 Å². The van der Waals surface area contributed by atoms with Gasteiger partial charge in [-0.2, -0.15) is 5.10 Å². The van der Waals surface area contributed by atoms with E-state index in [1.54, 1.807) is 13.8 Å². The SMILES string of the molecule is Cc1nn(-c2cc(F)cc(F)c2N)c(C)c1Cl. The van der Waals surface area contributed by atoms with Gasteiger partial charge in [-0.15, -0.1) is 0 Å². The van der Waals surface area contributed by atoms with E-state index in [9.17, 15) is 8.78 Å². The highest BCUT2D eigenvalue weighted by Gasteiger charge is 2.16. The van der Waals surface area contributed by atoms with Crippen LogP contribution in [0.1, 0.15) is 11.4 Å². The number of nitrogens with zero attached hydrogens (tertiary/aromatic N) is 2. The van der Waals surface area contributed by atoms with Crippen molar-refractivity contribution < 1.29 is 8.78 Å². The number of benzene rings is 1. The van der Waals surface area contributed by atoms with Gasteiger partial charge in [0.15, 0.2) is 5.82 Å². The fourth-order valence-corrected chi connectivity index (χ4v) is 1.72. The minimum atomic E-state index is -0.816. The van der Waals surface area contributed by atoms with E-state index in [2.05, 4.69) is 5.10 Å². The topological polar surface area (TPSA) is 43.8 Å². The second-order valence-electron chi connectivity index (χ2n) is 3.72. The van der Waals surface area contributed by atoms with Crippen LogP contribution in [-0.2, 0) is 0 Å². The van der Waals surface area contributed by atoms with Crippen LogP contribution < -0.4 is 5.73 Å². The fraction of sp³-hybridized carbons (Fsp3) is 0.182. The molecule has 1 aromatic heterocycles. The molecule has 2 aromatic rings. The first kappa shape index (κ1) is 11.9. The second-order valence-corrected chi connectivity index (χ2v) is 4.09. The fourth-order valence-electron chi connectivity index (χ4n) is 1.60. The van der Waals surface area contributed by atoms with Crippen LogP contribution in [0.3, 0.4) is 0 Å². The minimum Gasteiger partial charge on any atom is -0.395 e. The van der Waals surface area contributed by atoms with Gasteiger partial charge in [-0.05, 0) is 13.8 Å². The Morgan fingerprint density at radius 3 is 2.47 bits per heavy atom. The Morgan fingerprint density at radius 1 is 1.29 bits per heavy atom.